The first-order valence-corrected chi connectivity index (χ1v) is 10.2. The van der Waals surface area contributed by atoms with Gasteiger partial charge >= 0.3 is 0 Å². The van der Waals surface area contributed by atoms with Crippen molar-refractivity contribution in [1.82, 2.24) is 10.2 Å². The molecular weight excluding hydrogens is 326 g/mol. The zero-order valence-electron chi connectivity index (χ0n) is 15.4. The molecule has 1 amide bonds. The van der Waals surface area contributed by atoms with Gasteiger partial charge in [0.1, 0.15) is 0 Å². The van der Waals surface area contributed by atoms with Crippen LogP contribution in [0.25, 0.3) is 0 Å². The van der Waals surface area contributed by atoms with Gasteiger partial charge in [-0.2, -0.15) is 0 Å². The third-order valence-electron chi connectivity index (χ3n) is 6.52. The number of amides is 1. The van der Waals surface area contributed by atoms with E-state index in [2.05, 4.69) is 22.3 Å². The van der Waals surface area contributed by atoms with Crippen LogP contribution in [0, 0.1) is 5.92 Å². The van der Waals surface area contributed by atoms with Crippen molar-refractivity contribution in [3.63, 3.8) is 0 Å². The molecule has 142 valence electrons. The summed E-state index contributed by atoms with van der Waals surface area (Å²) in [4.78, 5) is 15.3. The van der Waals surface area contributed by atoms with E-state index in [0.717, 1.165) is 50.8 Å². The van der Waals surface area contributed by atoms with Crippen LogP contribution >= 0.6 is 0 Å². The van der Waals surface area contributed by atoms with E-state index in [-0.39, 0.29) is 24.0 Å². The molecule has 3 fully saturated rings. The first kappa shape index (κ1) is 18.0. The lowest BCUT2D eigenvalue weighted by molar-refractivity contribution is -0.123. The molecule has 3 aliphatic rings. The Morgan fingerprint density at radius 3 is 2.81 bits per heavy atom. The van der Waals surface area contributed by atoms with E-state index in [1.807, 2.05) is 12.1 Å². The smallest absolute Gasteiger partial charge is 0.224 e. The molecule has 4 rings (SSSR count). The zero-order valence-corrected chi connectivity index (χ0v) is 15.4. The summed E-state index contributed by atoms with van der Waals surface area (Å²) in [6.45, 7) is 2.46. The van der Waals surface area contributed by atoms with Crippen LogP contribution in [-0.4, -0.2) is 47.2 Å². The molecule has 0 spiro atoms. The van der Waals surface area contributed by atoms with Crippen LogP contribution in [0.1, 0.15) is 55.6 Å². The Morgan fingerprint density at radius 2 is 2.04 bits per heavy atom. The molecular formula is C21H31N3O2. The molecule has 1 aromatic rings. The number of nitrogens with zero attached hydrogens (tertiary/aromatic N) is 1. The molecule has 0 aromatic heterocycles. The molecule has 2 saturated carbocycles. The molecule has 2 unspecified atom stereocenters. The third kappa shape index (κ3) is 3.80. The van der Waals surface area contributed by atoms with Gasteiger partial charge in [-0.25, -0.2) is 0 Å². The van der Waals surface area contributed by atoms with E-state index < -0.39 is 0 Å². The van der Waals surface area contributed by atoms with Crippen molar-refractivity contribution in [2.75, 3.05) is 13.1 Å². The Kier molecular flexibility index (Phi) is 5.30. The van der Waals surface area contributed by atoms with E-state index in [4.69, 9.17) is 5.73 Å². The standard InChI is InChI=1S/C21H31N3O2/c22-13-14-3-1-4-15(11-14)17-12-18(17)21(26)23-19-5-2-6-20(19)24-9-7-16(25)8-10-24/h1,3-4,11,16-20,25H,2,5-10,12-13,22H2,(H,23,26)/t17-,18+,19?,20?/m0/s1. The number of rotatable bonds is 5. The second-order valence-corrected chi connectivity index (χ2v) is 8.28. The predicted octanol–water partition coefficient (Wildman–Crippen LogP) is 1.74. The highest BCUT2D eigenvalue weighted by atomic mass is 16.3. The van der Waals surface area contributed by atoms with Crippen molar-refractivity contribution >= 4 is 5.91 Å². The molecule has 0 radical (unpaired) electrons. The second-order valence-electron chi connectivity index (χ2n) is 8.28. The van der Waals surface area contributed by atoms with Crippen LogP contribution in [0.4, 0.5) is 0 Å². The third-order valence-corrected chi connectivity index (χ3v) is 6.52. The Balaban J connectivity index is 1.33. The van der Waals surface area contributed by atoms with Crippen LogP contribution in [0.5, 0.6) is 0 Å². The Morgan fingerprint density at radius 1 is 1.23 bits per heavy atom. The maximum absolute atomic E-state index is 12.8. The van der Waals surface area contributed by atoms with Gasteiger partial charge in [0.2, 0.25) is 5.91 Å². The molecule has 2 aliphatic carbocycles. The fourth-order valence-electron chi connectivity index (χ4n) is 4.86. The van der Waals surface area contributed by atoms with Gasteiger partial charge in [-0.3, -0.25) is 9.69 Å². The summed E-state index contributed by atoms with van der Waals surface area (Å²) in [5.41, 5.74) is 8.12. The van der Waals surface area contributed by atoms with E-state index >= 15 is 0 Å². The van der Waals surface area contributed by atoms with Gasteiger partial charge in [0.15, 0.2) is 0 Å². The predicted molar refractivity (Wildman–Crippen MR) is 102 cm³/mol. The van der Waals surface area contributed by atoms with Crippen LogP contribution in [0.3, 0.4) is 0 Å². The van der Waals surface area contributed by atoms with Crippen molar-refractivity contribution < 1.29 is 9.90 Å². The van der Waals surface area contributed by atoms with Gasteiger partial charge in [0.05, 0.1) is 6.10 Å². The van der Waals surface area contributed by atoms with Crippen LogP contribution < -0.4 is 11.1 Å². The fourth-order valence-corrected chi connectivity index (χ4v) is 4.86. The Hall–Kier alpha value is -1.43. The van der Waals surface area contributed by atoms with Gasteiger partial charge in [-0.05, 0) is 55.6 Å². The molecule has 0 bridgehead atoms. The highest BCUT2D eigenvalue weighted by Gasteiger charge is 2.45. The molecule has 1 aromatic carbocycles. The Labute approximate surface area is 155 Å². The van der Waals surface area contributed by atoms with Gasteiger partial charge in [0, 0.05) is 37.6 Å². The van der Waals surface area contributed by atoms with Crippen molar-refractivity contribution in [3.8, 4) is 0 Å². The summed E-state index contributed by atoms with van der Waals surface area (Å²) in [5.74, 6) is 0.695. The SMILES string of the molecule is NCc1cccc([C@@H]2C[C@H]2C(=O)NC2CCCC2N2CCC(O)CC2)c1. The summed E-state index contributed by atoms with van der Waals surface area (Å²) < 4.78 is 0. The molecule has 1 heterocycles. The summed E-state index contributed by atoms with van der Waals surface area (Å²) in [6, 6.07) is 9.07. The number of aliphatic hydroxyl groups is 1. The van der Waals surface area contributed by atoms with Crippen LogP contribution in [0.2, 0.25) is 0 Å². The number of aliphatic hydroxyl groups excluding tert-OH is 1. The molecule has 4 N–H and O–H groups in total. The lowest BCUT2D eigenvalue weighted by Crippen LogP contribution is -2.51. The van der Waals surface area contributed by atoms with Crippen molar-refractivity contribution in [1.29, 1.82) is 0 Å². The number of hydrogen-bond donors (Lipinski definition) is 3. The number of piperidine rings is 1. The van der Waals surface area contributed by atoms with E-state index in [1.54, 1.807) is 0 Å². The topological polar surface area (TPSA) is 78.6 Å². The maximum atomic E-state index is 12.8. The summed E-state index contributed by atoms with van der Waals surface area (Å²) in [6.07, 6.45) is 5.95. The largest absolute Gasteiger partial charge is 0.393 e. The minimum absolute atomic E-state index is 0.118. The highest BCUT2D eigenvalue weighted by Crippen LogP contribution is 2.48. The minimum Gasteiger partial charge on any atom is -0.393 e. The number of carbonyl (C=O) groups is 1. The number of hydrogen-bond acceptors (Lipinski definition) is 4. The summed E-state index contributed by atoms with van der Waals surface area (Å²) >= 11 is 0. The van der Waals surface area contributed by atoms with Gasteiger partial charge < -0.3 is 16.2 Å². The number of carbonyl (C=O) groups excluding carboxylic acids is 1. The zero-order chi connectivity index (χ0) is 18.1. The molecule has 1 aliphatic heterocycles. The molecule has 1 saturated heterocycles. The lowest BCUT2D eigenvalue weighted by Gasteiger charge is -2.37. The van der Waals surface area contributed by atoms with E-state index in [1.165, 1.54) is 12.0 Å². The average Bonchev–Trinajstić information content (AvgIpc) is 3.35. The maximum Gasteiger partial charge on any atom is 0.224 e. The van der Waals surface area contributed by atoms with Crippen molar-refractivity contribution in [2.24, 2.45) is 11.7 Å². The van der Waals surface area contributed by atoms with Gasteiger partial charge in [-0.1, -0.05) is 24.3 Å². The summed E-state index contributed by atoms with van der Waals surface area (Å²) in [7, 11) is 0. The number of nitrogens with two attached hydrogens (primary N) is 1. The Bertz CT molecular complexity index is 642. The minimum atomic E-state index is -0.141. The lowest BCUT2D eigenvalue weighted by atomic mass is 10.0. The quantitative estimate of drug-likeness (QED) is 0.750. The first-order valence-electron chi connectivity index (χ1n) is 10.2. The highest BCUT2D eigenvalue weighted by molar-refractivity contribution is 5.83. The molecule has 4 atom stereocenters. The normalized spacial score (nSPS) is 32.5. The second kappa shape index (κ2) is 7.67. The van der Waals surface area contributed by atoms with Crippen LogP contribution in [-0.2, 0) is 11.3 Å². The molecule has 5 heteroatoms. The van der Waals surface area contributed by atoms with E-state index in [9.17, 15) is 9.90 Å². The monoisotopic (exact) mass is 357 g/mol. The van der Waals surface area contributed by atoms with Gasteiger partial charge in [0.25, 0.3) is 0 Å². The average molecular weight is 357 g/mol. The van der Waals surface area contributed by atoms with Crippen molar-refractivity contribution in [2.45, 2.75) is 69.2 Å². The molecule has 26 heavy (non-hydrogen) atoms. The van der Waals surface area contributed by atoms with Crippen LogP contribution in [0.15, 0.2) is 24.3 Å². The molecule has 5 nitrogen and oxygen atoms in total. The number of likely N-dealkylation sites (tertiary alicyclic amines) is 1. The first-order chi connectivity index (χ1) is 12.7. The van der Waals surface area contributed by atoms with Gasteiger partial charge in [-0.15, -0.1) is 0 Å². The summed E-state index contributed by atoms with van der Waals surface area (Å²) in [5, 5.41) is 13.1. The van der Waals surface area contributed by atoms with Crippen molar-refractivity contribution in [3.05, 3.63) is 35.4 Å². The fraction of sp³-hybridized carbons (Fsp3) is 0.667. The number of nitrogens with one attached hydrogen (secondary N) is 1. The number of benzene rings is 1. The van der Waals surface area contributed by atoms with E-state index in [0.29, 0.717) is 18.5 Å².